The van der Waals surface area contributed by atoms with E-state index in [1.807, 2.05) is 24.3 Å². The van der Waals surface area contributed by atoms with Crippen LogP contribution in [-0.4, -0.2) is 41.7 Å². The van der Waals surface area contributed by atoms with Crippen molar-refractivity contribution in [3.8, 4) is 0 Å². The molecule has 1 aromatic carbocycles. The van der Waals surface area contributed by atoms with Gasteiger partial charge in [0.05, 0.1) is 0 Å². The summed E-state index contributed by atoms with van der Waals surface area (Å²) in [5.41, 5.74) is 6.30. The van der Waals surface area contributed by atoms with Crippen molar-refractivity contribution in [2.24, 2.45) is 11.7 Å². The van der Waals surface area contributed by atoms with Gasteiger partial charge in [-0.25, -0.2) is 0 Å². The number of hydrogen-bond acceptors (Lipinski definition) is 3. The number of amides is 1. The Balaban J connectivity index is 1.78. The molecule has 1 saturated heterocycles. The number of primary amides is 1. The lowest BCUT2D eigenvalue weighted by atomic mass is 9.91. The average Bonchev–Trinajstić information content (AvgIpc) is 2.46. The van der Waals surface area contributed by atoms with E-state index >= 15 is 0 Å². The number of rotatable bonds is 5. The smallest absolute Gasteiger partial charge is 0.246 e. The Morgan fingerprint density at radius 1 is 1.40 bits per heavy atom. The molecule has 0 spiro atoms. The van der Waals surface area contributed by atoms with Crippen LogP contribution < -0.4 is 5.73 Å². The lowest BCUT2D eigenvalue weighted by Crippen LogP contribution is -2.43. The highest BCUT2D eigenvalue weighted by Gasteiger charge is 2.28. The minimum absolute atomic E-state index is 0.00376. The molecule has 2 rings (SSSR count). The zero-order valence-electron chi connectivity index (χ0n) is 11.5. The molecule has 4 nitrogen and oxygen atoms in total. The molecule has 0 aromatic heterocycles. The minimum Gasteiger partial charge on any atom is -0.383 e. The van der Waals surface area contributed by atoms with Crippen molar-refractivity contribution in [2.75, 3.05) is 19.6 Å². The first-order valence-corrected chi connectivity index (χ1v) is 7.39. The number of aliphatic hydroxyl groups is 1. The van der Waals surface area contributed by atoms with Crippen LogP contribution in [0, 0.1) is 5.92 Å². The third-order valence-electron chi connectivity index (χ3n) is 4.03. The minimum atomic E-state index is -0.999. The van der Waals surface area contributed by atoms with E-state index in [9.17, 15) is 9.90 Å². The van der Waals surface area contributed by atoms with Gasteiger partial charge in [-0.05, 0) is 49.9 Å². The quantitative estimate of drug-likeness (QED) is 0.864. The summed E-state index contributed by atoms with van der Waals surface area (Å²) in [5, 5.41) is 10.5. The number of halogens is 1. The van der Waals surface area contributed by atoms with E-state index in [0.29, 0.717) is 0 Å². The molecular weight excluding hydrogens is 276 g/mol. The van der Waals surface area contributed by atoms with E-state index < -0.39 is 12.0 Å². The molecule has 0 bridgehead atoms. The summed E-state index contributed by atoms with van der Waals surface area (Å²) in [6, 6.07) is 7.89. The number of benzene rings is 1. The number of hydrogen-bond donors (Lipinski definition) is 2. The van der Waals surface area contributed by atoms with Gasteiger partial charge in [-0.15, -0.1) is 0 Å². The largest absolute Gasteiger partial charge is 0.383 e. The van der Waals surface area contributed by atoms with E-state index in [1.54, 1.807) is 0 Å². The van der Waals surface area contributed by atoms with Crippen molar-refractivity contribution in [1.82, 2.24) is 4.90 Å². The van der Waals surface area contributed by atoms with E-state index in [0.717, 1.165) is 49.5 Å². The first-order valence-electron chi connectivity index (χ1n) is 7.01. The van der Waals surface area contributed by atoms with Crippen molar-refractivity contribution >= 4 is 17.5 Å². The van der Waals surface area contributed by atoms with E-state index in [4.69, 9.17) is 17.3 Å². The molecule has 20 heavy (non-hydrogen) atoms. The molecule has 1 fully saturated rings. The Bertz CT molecular complexity index is 459. The summed E-state index contributed by atoms with van der Waals surface area (Å²) < 4.78 is 0. The second-order valence-electron chi connectivity index (χ2n) is 5.37. The zero-order chi connectivity index (χ0) is 14.5. The zero-order valence-corrected chi connectivity index (χ0v) is 12.2. The number of nitrogens with two attached hydrogens (primary N) is 1. The van der Waals surface area contributed by atoms with Crippen LogP contribution in [0.4, 0.5) is 0 Å². The standard InChI is InChI=1S/C15H21ClN2O2/c16-13-4-2-1-3-11(13)5-8-18-9-6-12(7-10-18)14(19)15(17)20/h1-4,12,14,19H,5-10H2,(H2,17,20). The third kappa shape index (κ3) is 3.95. The highest BCUT2D eigenvalue weighted by atomic mass is 35.5. The van der Waals surface area contributed by atoms with Gasteiger partial charge < -0.3 is 15.7 Å². The topological polar surface area (TPSA) is 66.6 Å². The Kier molecular flexibility index (Phi) is 5.40. The van der Waals surface area contributed by atoms with Crippen molar-refractivity contribution in [1.29, 1.82) is 0 Å². The molecule has 1 unspecified atom stereocenters. The van der Waals surface area contributed by atoms with Gasteiger partial charge in [0, 0.05) is 11.6 Å². The molecule has 1 aliphatic rings. The van der Waals surface area contributed by atoms with Gasteiger partial charge in [0.15, 0.2) is 0 Å². The maximum atomic E-state index is 11.0. The van der Waals surface area contributed by atoms with Gasteiger partial charge in [0.25, 0.3) is 0 Å². The second-order valence-corrected chi connectivity index (χ2v) is 5.77. The van der Waals surface area contributed by atoms with Gasteiger partial charge in [-0.3, -0.25) is 4.79 Å². The maximum Gasteiger partial charge on any atom is 0.246 e. The van der Waals surface area contributed by atoms with Crippen molar-refractivity contribution in [3.05, 3.63) is 34.9 Å². The molecule has 110 valence electrons. The fourth-order valence-electron chi connectivity index (χ4n) is 2.70. The molecule has 1 aliphatic heterocycles. The molecular formula is C15H21ClN2O2. The van der Waals surface area contributed by atoms with Crippen LogP contribution in [0.1, 0.15) is 18.4 Å². The average molecular weight is 297 g/mol. The number of carbonyl (C=O) groups excluding carboxylic acids is 1. The van der Waals surface area contributed by atoms with Gasteiger partial charge >= 0.3 is 0 Å². The number of likely N-dealkylation sites (tertiary alicyclic amines) is 1. The number of nitrogens with zero attached hydrogens (tertiary/aromatic N) is 1. The van der Waals surface area contributed by atoms with E-state index in [2.05, 4.69) is 4.90 Å². The molecule has 1 amide bonds. The molecule has 3 N–H and O–H groups in total. The summed E-state index contributed by atoms with van der Waals surface area (Å²) in [6.45, 7) is 2.72. The van der Waals surface area contributed by atoms with E-state index in [-0.39, 0.29) is 5.92 Å². The summed E-state index contributed by atoms with van der Waals surface area (Å²) >= 11 is 6.14. The molecule has 0 radical (unpaired) electrons. The molecule has 1 aromatic rings. The summed E-state index contributed by atoms with van der Waals surface area (Å²) in [5.74, 6) is -0.608. The van der Waals surface area contributed by atoms with Crippen molar-refractivity contribution in [2.45, 2.75) is 25.4 Å². The van der Waals surface area contributed by atoms with Crippen LogP contribution in [0.5, 0.6) is 0 Å². The number of carbonyl (C=O) groups is 1. The third-order valence-corrected chi connectivity index (χ3v) is 4.39. The van der Waals surface area contributed by atoms with E-state index in [1.165, 1.54) is 0 Å². The second kappa shape index (κ2) is 7.07. The van der Waals surface area contributed by atoms with Crippen LogP contribution >= 0.6 is 11.6 Å². The monoisotopic (exact) mass is 296 g/mol. The Morgan fingerprint density at radius 3 is 2.65 bits per heavy atom. The maximum absolute atomic E-state index is 11.0. The highest BCUT2D eigenvalue weighted by molar-refractivity contribution is 6.31. The summed E-state index contributed by atoms with van der Waals surface area (Å²) in [6.07, 6.45) is 1.54. The molecule has 5 heteroatoms. The summed E-state index contributed by atoms with van der Waals surface area (Å²) in [7, 11) is 0. The van der Waals surface area contributed by atoms with Crippen LogP contribution in [0.3, 0.4) is 0 Å². The normalized spacial score (nSPS) is 18.9. The lowest BCUT2D eigenvalue weighted by molar-refractivity contribution is -0.129. The Hall–Kier alpha value is -1.10. The number of aliphatic hydroxyl groups excluding tert-OH is 1. The predicted octanol–water partition coefficient (Wildman–Crippen LogP) is 1.44. The molecule has 1 atom stereocenters. The SMILES string of the molecule is NC(=O)C(O)C1CCN(CCc2ccccc2Cl)CC1. The first kappa shape index (κ1) is 15.3. The lowest BCUT2D eigenvalue weighted by Gasteiger charge is -2.33. The molecule has 0 aliphatic carbocycles. The predicted molar refractivity (Wildman–Crippen MR) is 79.5 cm³/mol. The fraction of sp³-hybridized carbons (Fsp3) is 0.533. The van der Waals surface area contributed by atoms with Crippen molar-refractivity contribution < 1.29 is 9.90 Å². The fourth-order valence-corrected chi connectivity index (χ4v) is 2.93. The van der Waals surface area contributed by atoms with Gasteiger partial charge in [0.1, 0.15) is 6.10 Å². The molecule has 0 saturated carbocycles. The Morgan fingerprint density at radius 2 is 2.05 bits per heavy atom. The van der Waals surface area contributed by atoms with Crippen LogP contribution in [0.2, 0.25) is 5.02 Å². The van der Waals surface area contributed by atoms with Gasteiger partial charge in [-0.2, -0.15) is 0 Å². The number of piperidine rings is 1. The van der Waals surface area contributed by atoms with Crippen LogP contribution in [0.15, 0.2) is 24.3 Å². The van der Waals surface area contributed by atoms with Gasteiger partial charge in [-0.1, -0.05) is 29.8 Å². The molecule has 1 heterocycles. The summed E-state index contributed by atoms with van der Waals surface area (Å²) in [4.78, 5) is 13.3. The highest BCUT2D eigenvalue weighted by Crippen LogP contribution is 2.22. The Labute approximate surface area is 124 Å². The van der Waals surface area contributed by atoms with Crippen LogP contribution in [-0.2, 0) is 11.2 Å². The van der Waals surface area contributed by atoms with Gasteiger partial charge in [0.2, 0.25) is 5.91 Å². The van der Waals surface area contributed by atoms with Crippen molar-refractivity contribution in [3.63, 3.8) is 0 Å². The first-order chi connectivity index (χ1) is 9.58. The van der Waals surface area contributed by atoms with Crippen LogP contribution in [0.25, 0.3) is 0 Å².